The number of ether oxygens (including phenoxy) is 1. The second kappa shape index (κ2) is 7.98. The average Bonchev–Trinajstić information content (AvgIpc) is 2.45. The van der Waals surface area contributed by atoms with Crippen molar-refractivity contribution in [3.63, 3.8) is 0 Å². The number of aliphatic carboxylic acids is 1. The second-order valence-electron chi connectivity index (χ2n) is 4.38. The minimum Gasteiger partial charge on any atom is -0.480 e. The molecule has 0 aliphatic carbocycles. The van der Waals surface area contributed by atoms with Crippen molar-refractivity contribution in [1.82, 2.24) is 5.32 Å². The van der Waals surface area contributed by atoms with Crippen LogP contribution in [-0.4, -0.2) is 36.1 Å². The van der Waals surface area contributed by atoms with Crippen LogP contribution in [0.4, 0.5) is 4.39 Å². The summed E-state index contributed by atoms with van der Waals surface area (Å²) in [4.78, 5) is 33.7. The minimum absolute atomic E-state index is 0.0584. The zero-order valence-electron chi connectivity index (χ0n) is 11.5. The lowest BCUT2D eigenvalue weighted by atomic mass is 10.1. The molecular weight excluding hydrogens is 281 g/mol. The summed E-state index contributed by atoms with van der Waals surface area (Å²) in [7, 11) is 1.20. The number of hydrogen-bond donors (Lipinski definition) is 2. The van der Waals surface area contributed by atoms with Gasteiger partial charge in [-0.3, -0.25) is 9.59 Å². The molecule has 1 atom stereocenters. The molecule has 1 amide bonds. The van der Waals surface area contributed by atoms with E-state index in [0.29, 0.717) is 5.56 Å². The molecule has 0 aliphatic heterocycles. The van der Waals surface area contributed by atoms with Gasteiger partial charge in [-0.25, -0.2) is 9.18 Å². The summed E-state index contributed by atoms with van der Waals surface area (Å²) in [6.45, 7) is 0. The van der Waals surface area contributed by atoms with Crippen molar-refractivity contribution in [3.05, 3.63) is 35.6 Å². The summed E-state index contributed by atoms with van der Waals surface area (Å²) in [5.41, 5.74) is 0.561. The van der Waals surface area contributed by atoms with Crippen molar-refractivity contribution in [2.75, 3.05) is 7.11 Å². The third-order valence-corrected chi connectivity index (χ3v) is 2.78. The maximum absolute atomic E-state index is 12.7. The molecule has 0 unspecified atom stereocenters. The van der Waals surface area contributed by atoms with Crippen LogP contribution in [0.25, 0.3) is 0 Å². The van der Waals surface area contributed by atoms with Crippen molar-refractivity contribution in [1.29, 1.82) is 0 Å². The molecule has 1 aromatic rings. The Hall–Kier alpha value is -2.44. The van der Waals surface area contributed by atoms with Gasteiger partial charge in [0.05, 0.1) is 13.5 Å². The van der Waals surface area contributed by atoms with Gasteiger partial charge in [0, 0.05) is 6.42 Å². The maximum atomic E-state index is 12.7. The summed E-state index contributed by atoms with van der Waals surface area (Å²) < 4.78 is 17.1. The number of methoxy groups -OCH3 is 1. The zero-order chi connectivity index (χ0) is 15.8. The van der Waals surface area contributed by atoms with Crippen molar-refractivity contribution in [2.45, 2.75) is 25.3 Å². The van der Waals surface area contributed by atoms with Gasteiger partial charge >= 0.3 is 11.9 Å². The Bertz CT molecular complexity index is 515. The highest BCUT2D eigenvalue weighted by Crippen LogP contribution is 2.05. The first kappa shape index (κ1) is 16.6. The molecule has 7 heteroatoms. The maximum Gasteiger partial charge on any atom is 0.326 e. The van der Waals surface area contributed by atoms with E-state index in [4.69, 9.17) is 5.11 Å². The molecule has 2 N–H and O–H groups in total. The molecule has 1 rings (SSSR count). The fraction of sp³-hybridized carbons (Fsp3) is 0.357. The van der Waals surface area contributed by atoms with Crippen molar-refractivity contribution < 1.29 is 28.6 Å². The summed E-state index contributed by atoms with van der Waals surface area (Å²) >= 11 is 0. The number of carbonyl (C=O) groups excluding carboxylic acids is 2. The average molecular weight is 297 g/mol. The molecule has 114 valence electrons. The highest BCUT2D eigenvalue weighted by molar-refractivity contribution is 5.85. The number of carboxylic acids is 1. The molecule has 6 nitrogen and oxygen atoms in total. The summed E-state index contributed by atoms with van der Waals surface area (Å²) in [6.07, 6.45) is -0.232. The fourth-order valence-corrected chi connectivity index (χ4v) is 1.65. The molecule has 0 aromatic heterocycles. The molecule has 0 spiro atoms. The Balaban J connectivity index is 2.54. The Morgan fingerprint density at radius 1 is 1.29 bits per heavy atom. The van der Waals surface area contributed by atoms with E-state index in [2.05, 4.69) is 10.1 Å². The normalized spacial score (nSPS) is 11.5. The van der Waals surface area contributed by atoms with E-state index in [1.54, 1.807) is 0 Å². The number of hydrogen-bond acceptors (Lipinski definition) is 4. The van der Waals surface area contributed by atoms with Gasteiger partial charge in [-0.15, -0.1) is 0 Å². The smallest absolute Gasteiger partial charge is 0.326 e. The lowest BCUT2D eigenvalue weighted by Crippen LogP contribution is -2.41. The molecule has 0 aliphatic rings. The minimum atomic E-state index is -1.23. The van der Waals surface area contributed by atoms with E-state index in [-0.39, 0.29) is 19.3 Å². The van der Waals surface area contributed by atoms with Gasteiger partial charge in [0.15, 0.2) is 0 Å². The molecule has 0 saturated heterocycles. The molecule has 1 aromatic carbocycles. The summed E-state index contributed by atoms with van der Waals surface area (Å²) in [5.74, 6) is -2.71. The molecule has 0 bridgehead atoms. The van der Waals surface area contributed by atoms with Gasteiger partial charge in [-0.2, -0.15) is 0 Å². The Morgan fingerprint density at radius 3 is 2.43 bits per heavy atom. The number of rotatable bonds is 7. The monoisotopic (exact) mass is 297 g/mol. The molecule has 0 heterocycles. The van der Waals surface area contributed by atoms with Crippen LogP contribution in [0.15, 0.2) is 24.3 Å². The van der Waals surface area contributed by atoms with Gasteiger partial charge in [0.25, 0.3) is 0 Å². The van der Waals surface area contributed by atoms with E-state index < -0.39 is 29.7 Å². The lowest BCUT2D eigenvalue weighted by Gasteiger charge is -2.14. The predicted molar refractivity (Wildman–Crippen MR) is 70.9 cm³/mol. The van der Waals surface area contributed by atoms with E-state index in [0.717, 1.165) is 0 Å². The van der Waals surface area contributed by atoms with E-state index in [1.165, 1.54) is 31.4 Å². The van der Waals surface area contributed by atoms with Gasteiger partial charge in [-0.1, -0.05) is 12.1 Å². The van der Waals surface area contributed by atoms with Crippen molar-refractivity contribution >= 4 is 17.8 Å². The molecule has 0 fully saturated rings. The first-order chi connectivity index (χ1) is 9.92. The number of carboxylic acid groups (broad SMARTS) is 1. The third kappa shape index (κ3) is 6.03. The number of amides is 1. The topological polar surface area (TPSA) is 92.7 Å². The van der Waals surface area contributed by atoms with Crippen LogP contribution in [-0.2, 0) is 25.5 Å². The Kier molecular flexibility index (Phi) is 6.32. The van der Waals surface area contributed by atoms with Crippen LogP contribution in [0.5, 0.6) is 0 Å². The van der Waals surface area contributed by atoms with E-state index in [9.17, 15) is 18.8 Å². The number of nitrogens with one attached hydrogen (secondary N) is 1. The summed E-state index contributed by atoms with van der Waals surface area (Å²) in [6, 6.07) is 4.15. The van der Waals surface area contributed by atoms with Crippen LogP contribution in [0, 0.1) is 5.82 Å². The lowest BCUT2D eigenvalue weighted by molar-refractivity contribution is -0.144. The van der Waals surface area contributed by atoms with Crippen LogP contribution in [0.1, 0.15) is 18.4 Å². The number of benzene rings is 1. The van der Waals surface area contributed by atoms with Crippen LogP contribution >= 0.6 is 0 Å². The predicted octanol–water partition coefficient (Wildman–Crippen LogP) is 0.891. The Labute approximate surface area is 120 Å². The van der Waals surface area contributed by atoms with Crippen LogP contribution in [0.3, 0.4) is 0 Å². The van der Waals surface area contributed by atoms with Gasteiger partial charge in [0.1, 0.15) is 11.9 Å². The van der Waals surface area contributed by atoms with Crippen molar-refractivity contribution in [3.8, 4) is 0 Å². The van der Waals surface area contributed by atoms with Gasteiger partial charge in [-0.05, 0) is 24.1 Å². The highest BCUT2D eigenvalue weighted by atomic mass is 19.1. The first-order valence-electron chi connectivity index (χ1n) is 6.25. The highest BCUT2D eigenvalue weighted by Gasteiger charge is 2.21. The number of halogens is 1. The quantitative estimate of drug-likeness (QED) is 0.729. The van der Waals surface area contributed by atoms with Gasteiger partial charge in [0.2, 0.25) is 5.91 Å². The summed E-state index contributed by atoms with van der Waals surface area (Å²) in [5, 5.41) is 11.3. The molecule has 0 radical (unpaired) electrons. The molecule has 0 saturated carbocycles. The van der Waals surface area contributed by atoms with Crippen LogP contribution in [0.2, 0.25) is 0 Å². The van der Waals surface area contributed by atoms with Crippen LogP contribution < -0.4 is 5.32 Å². The SMILES string of the molecule is COC(=O)CC[C@@H](NC(=O)Cc1ccc(F)cc1)C(=O)O. The largest absolute Gasteiger partial charge is 0.480 e. The Morgan fingerprint density at radius 2 is 1.90 bits per heavy atom. The van der Waals surface area contributed by atoms with Crippen molar-refractivity contribution in [2.24, 2.45) is 0 Å². The molecule has 21 heavy (non-hydrogen) atoms. The first-order valence-corrected chi connectivity index (χ1v) is 6.25. The second-order valence-corrected chi connectivity index (χ2v) is 4.38. The van der Waals surface area contributed by atoms with E-state index >= 15 is 0 Å². The zero-order valence-corrected chi connectivity index (χ0v) is 11.5. The van der Waals surface area contributed by atoms with E-state index in [1.807, 2.05) is 0 Å². The number of esters is 1. The standard InChI is InChI=1S/C14H16FNO5/c1-21-13(18)7-6-11(14(19)20)16-12(17)8-9-2-4-10(15)5-3-9/h2-5,11H,6-8H2,1H3,(H,16,17)(H,19,20)/t11-/m1/s1. The number of carbonyl (C=O) groups is 3. The third-order valence-electron chi connectivity index (χ3n) is 2.78. The molecular formula is C14H16FNO5. The van der Waals surface area contributed by atoms with Gasteiger partial charge < -0.3 is 15.2 Å². The fourth-order valence-electron chi connectivity index (χ4n) is 1.65.